The van der Waals surface area contributed by atoms with E-state index >= 15 is 0 Å². The van der Waals surface area contributed by atoms with Gasteiger partial charge in [-0.2, -0.15) is 0 Å². The Morgan fingerprint density at radius 1 is 1.31 bits per heavy atom. The summed E-state index contributed by atoms with van der Waals surface area (Å²) in [6, 6.07) is 0.504. The molecule has 0 fully saturated rings. The van der Waals surface area contributed by atoms with Gasteiger partial charge in [0.15, 0.2) is 0 Å². The number of hydrogen-bond donors (Lipinski definition) is 1. The van der Waals surface area contributed by atoms with Crippen LogP contribution in [0, 0.1) is 0 Å². The SMILES string of the molecule is CCNC(C)CCCCS(C)(=O)=O. The van der Waals surface area contributed by atoms with Crippen LogP contribution in [0.5, 0.6) is 0 Å². The van der Waals surface area contributed by atoms with Crippen molar-refractivity contribution in [1.82, 2.24) is 5.32 Å². The summed E-state index contributed by atoms with van der Waals surface area (Å²) in [5, 5.41) is 3.29. The van der Waals surface area contributed by atoms with Crippen LogP contribution < -0.4 is 5.32 Å². The lowest BCUT2D eigenvalue weighted by Gasteiger charge is -2.10. The van der Waals surface area contributed by atoms with E-state index in [-0.39, 0.29) is 0 Å². The average Bonchev–Trinajstić information content (AvgIpc) is 1.97. The molecular weight excluding hydrogens is 186 g/mol. The van der Waals surface area contributed by atoms with Crippen molar-refractivity contribution in [3.63, 3.8) is 0 Å². The quantitative estimate of drug-likeness (QED) is 0.638. The summed E-state index contributed by atoms with van der Waals surface area (Å²) in [6.45, 7) is 5.18. The van der Waals surface area contributed by atoms with Crippen molar-refractivity contribution < 1.29 is 8.42 Å². The molecular formula is C9H21NO2S. The summed E-state index contributed by atoms with van der Waals surface area (Å²) in [6.07, 6.45) is 4.12. The number of hydrogen-bond acceptors (Lipinski definition) is 3. The molecule has 13 heavy (non-hydrogen) atoms. The van der Waals surface area contributed by atoms with Crippen LogP contribution in [-0.4, -0.2) is 33.0 Å². The zero-order chi connectivity index (χ0) is 10.3. The highest BCUT2D eigenvalue weighted by Crippen LogP contribution is 2.02. The van der Waals surface area contributed by atoms with Crippen LogP contribution >= 0.6 is 0 Å². The van der Waals surface area contributed by atoms with Crippen LogP contribution in [0.1, 0.15) is 33.1 Å². The maximum Gasteiger partial charge on any atom is 0.147 e. The molecule has 0 radical (unpaired) electrons. The molecule has 0 aliphatic heterocycles. The first kappa shape index (κ1) is 12.9. The predicted octanol–water partition coefficient (Wildman–Crippen LogP) is 1.20. The largest absolute Gasteiger partial charge is 0.315 e. The molecule has 0 aliphatic rings. The summed E-state index contributed by atoms with van der Waals surface area (Å²) < 4.78 is 21.6. The van der Waals surface area contributed by atoms with Crippen molar-refractivity contribution in [2.24, 2.45) is 0 Å². The van der Waals surface area contributed by atoms with Crippen molar-refractivity contribution >= 4 is 9.84 Å². The van der Waals surface area contributed by atoms with E-state index in [4.69, 9.17) is 0 Å². The van der Waals surface area contributed by atoms with Gasteiger partial charge in [0.2, 0.25) is 0 Å². The lowest BCUT2D eigenvalue weighted by atomic mass is 10.1. The second kappa shape index (κ2) is 6.38. The zero-order valence-electron chi connectivity index (χ0n) is 8.84. The second-order valence-corrected chi connectivity index (χ2v) is 5.84. The van der Waals surface area contributed by atoms with Crippen molar-refractivity contribution in [2.75, 3.05) is 18.6 Å². The summed E-state index contributed by atoms with van der Waals surface area (Å²) in [5.41, 5.74) is 0. The van der Waals surface area contributed by atoms with Crippen molar-refractivity contribution in [3.8, 4) is 0 Å². The predicted molar refractivity (Wildman–Crippen MR) is 56.7 cm³/mol. The maximum atomic E-state index is 10.8. The molecule has 1 N–H and O–H groups in total. The van der Waals surface area contributed by atoms with Gasteiger partial charge in [-0.05, 0) is 26.3 Å². The van der Waals surface area contributed by atoms with Gasteiger partial charge in [-0.15, -0.1) is 0 Å². The van der Waals surface area contributed by atoms with Gasteiger partial charge >= 0.3 is 0 Å². The molecule has 3 nitrogen and oxygen atoms in total. The number of nitrogens with one attached hydrogen (secondary N) is 1. The average molecular weight is 207 g/mol. The third kappa shape index (κ3) is 9.83. The van der Waals surface area contributed by atoms with E-state index in [0.717, 1.165) is 25.8 Å². The molecule has 4 heteroatoms. The molecule has 80 valence electrons. The first-order valence-corrected chi connectivity index (χ1v) is 6.93. The minimum absolute atomic E-state index is 0.325. The Labute approximate surface area is 81.8 Å². The van der Waals surface area contributed by atoms with E-state index in [2.05, 4.69) is 19.2 Å². The molecule has 0 saturated heterocycles. The molecule has 0 aliphatic carbocycles. The maximum absolute atomic E-state index is 10.8. The van der Waals surface area contributed by atoms with Crippen LogP contribution in [0.3, 0.4) is 0 Å². The molecule has 0 aromatic heterocycles. The van der Waals surface area contributed by atoms with E-state index in [0.29, 0.717) is 11.8 Å². The smallest absolute Gasteiger partial charge is 0.147 e. The molecule has 1 unspecified atom stereocenters. The third-order valence-electron chi connectivity index (χ3n) is 1.95. The number of sulfone groups is 1. The van der Waals surface area contributed by atoms with Gasteiger partial charge in [0.25, 0.3) is 0 Å². The highest BCUT2D eigenvalue weighted by Gasteiger charge is 2.03. The second-order valence-electron chi connectivity index (χ2n) is 3.58. The van der Waals surface area contributed by atoms with Crippen LogP contribution in [0.4, 0.5) is 0 Å². The van der Waals surface area contributed by atoms with Crippen LogP contribution in [0.25, 0.3) is 0 Å². The summed E-state index contributed by atoms with van der Waals surface area (Å²) in [7, 11) is -2.75. The number of rotatable bonds is 7. The number of unbranched alkanes of at least 4 members (excludes halogenated alkanes) is 1. The molecule has 0 rings (SSSR count). The molecule has 0 amide bonds. The zero-order valence-corrected chi connectivity index (χ0v) is 9.65. The van der Waals surface area contributed by atoms with E-state index in [1.807, 2.05) is 0 Å². The summed E-state index contributed by atoms with van der Waals surface area (Å²) >= 11 is 0. The lowest BCUT2D eigenvalue weighted by molar-refractivity contribution is 0.507. The molecule has 0 spiro atoms. The minimum Gasteiger partial charge on any atom is -0.315 e. The molecule has 0 bridgehead atoms. The van der Waals surface area contributed by atoms with Gasteiger partial charge < -0.3 is 5.32 Å². The van der Waals surface area contributed by atoms with E-state index in [9.17, 15) is 8.42 Å². The fourth-order valence-corrected chi connectivity index (χ4v) is 1.99. The first-order valence-electron chi connectivity index (χ1n) is 4.87. The molecule has 0 saturated carbocycles. The molecule has 1 atom stereocenters. The van der Waals surface area contributed by atoms with Crippen LogP contribution in [0.2, 0.25) is 0 Å². The van der Waals surface area contributed by atoms with Crippen LogP contribution in [-0.2, 0) is 9.84 Å². The van der Waals surface area contributed by atoms with Gasteiger partial charge in [-0.25, -0.2) is 8.42 Å². The summed E-state index contributed by atoms with van der Waals surface area (Å²) in [4.78, 5) is 0. The van der Waals surface area contributed by atoms with Crippen LogP contribution in [0.15, 0.2) is 0 Å². The Balaban J connectivity index is 3.36. The fourth-order valence-electron chi connectivity index (χ4n) is 1.27. The monoisotopic (exact) mass is 207 g/mol. The third-order valence-corrected chi connectivity index (χ3v) is 2.99. The fraction of sp³-hybridized carbons (Fsp3) is 1.00. The van der Waals surface area contributed by atoms with Gasteiger partial charge in [0, 0.05) is 18.1 Å². The Kier molecular flexibility index (Phi) is 6.33. The van der Waals surface area contributed by atoms with Crippen molar-refractivity contribution in [1.29, 1.82) is 0 Å². The van der Waals surface area contributed by atoms with Gasteiger partial charge in [0.1, 0.15) is 9.84 Å². The van der Waals surface area contributed by atoms with E-state index in [1.165, 1.54) is 6.26 Å². The molecule has 0 aromatic carbocycles. The topological polar surface area (TPSA) is 46.2 Å². The molecule has 0 heterocycles. The first-order chi connectivity index (χ1) is 5.95. The Bertz CT molecular complexity index is 212. The van der Waals surface area contributed by atoms with Crippen molar-refractivity contribution in [2.45, 2.75) is 39.2 Å². The highest BCUT2D eigenvalue weighted by atomic mass is 32.2. The normalized spacial score (nSPS) is 14.4. The van der Waals surface area contributed by atoms with E-state index in [1.54, 1.807) is 0 Å². The summed E-state index contributed by atoms with van der Waals surface area (Å²) in [5.74, 6) is 0.325. The minimum atomic E-state index is -2.75. The Morgan fingerprint density at radius 2 is 1.92 bits per heavy atom. The van der Waals surface area contributed by atoms with Gasteiger partial charge in [0.05, 0.1) is 0 Å². The van der Waals surface area contributed by atoms with Gasteiger partial charge in [-0.1, -0.05) is 13.3 Å². The Hall–Kier alpha value is -0.0900. The molecule has 0 aromatic rings. The highest BCUT2D eigenvalue weighted by molar-refractivity contribution is 7.90. The standard InChI is InChI=1S/C9H21NO2S/c1-4-10-9(2)7-5-6-8-13(3,11)12/h9-10H,4-8H2,1-3H3. The van der Waals surface area contributed by atoms with Crippen molar-refractivity contribution in [3.05, 3.63) is 0 Å². The van der Waals surface area contributed by atoms with Gasteiger partial charge in [-0.3, -0.25) is 0 Å². The lowest BCUT2D eigenvalue weighted by Crippen LogP contribution is -2.25. The van der Waals surface area contributed by atoms with E-state index < -0.39 is 9.84 Å². The Morgan fingerprint density at radius 3 is 2.38 bits per heavy atom.